The molecule has 0 saturated heterocycles. The van der Waals surface area contributed by atoms with Gasteiger partial charge in [-0.15, -0.1) is 0 Å². The number of amides is 1. The monoisotopic (exact) mass is 385 g/mol. The first-order valence-electron chi connectivity index (χ1n) is 8.85. The number of halogens is 1. The number of carbonyl (C=O) groups is 1. The van der Waals surface area contributed by atoms with Crippen molar-refractivity contribution in [3.05, 3.63) is 58.6 Å². The molecule has 0 saturated carbocycles. The van der Waals surface area contributed by atoms with Crippen LogP contribution in [0.2, 0.25) is 5.02 Å². The second-order valence-electron chi connectivity index (χ2n) is 6.82. The Labute approximate surface area is 161 Å². The van der Waals surface area contributed by atoms with E-state index in [0.29, 0.717) is 29.1 Å². The smallest absolute Gasteiger partial charge is 0.279 e. The second-order valence-corrected chi connectivity index (χ2v) is 7.26. The summed E-state index contributed by atoms with van der Waals surface area (Å²) >= 11 is 5.91. The molecule has 1 N–H and O–H groups in total. The maximum absolute atomic E-state index is 12.7. The molecule has 3 aromatic rings. The molecule has 1 aromatic carbocycles. The summed E-state index contributed by atoms with van der Waals surface area (Å²) in [6.45, 7) is 5.86. The molecule has 7 nitrogen and oxygen atoms in total. The van der Waals surface area contributed by atoms with E-state index >= 15 is 0 Å². The minimum absolute atomic E-state index is 0.313. The van der Waals surface area contributed by atoms with Gasteiger partial charge in [-0.2, -0.15) is 5.10 Å². The van der Waals surface area contributed by atoms with E-state index in [1.165, 1.54) is 0 Å². The molecule has 1 amide bonds. The first-order valence-corrected chi connectivity index (χ1v) is 9.23. The van der Waals surface area contributed by atoms with Crippen LogP contribution in [0, 0.1) is 0 Å². The predicted octanol–water partition coefficient (Wildman–Crippen LogP) is 3.53. The molecule has 0 atom stereocenters. The van der Waals surface area contributed by atoms with Crippen molar-refractivity contribution in [2.24, 2.45) is 0 Å². The number of nitrogens with zero attached hydrogens (tertiary/aromatic N) is 4. The molecular weight excluding hydrogens is 366 g/mol. The van der Waals surface area contributed by atoms with Crippen molar-refractivity contribution in [2.75, 3.05) is 11.9 Å². The van der Waals surface area contributed by atoms with E-state index in [4.69, 9.17) is 16.1 Å². The Morgan fingerprint density at radius 1 is 1.26 bits per heavy atom. The van der Waals surface area contributed by atoms with Crippen LogP contribution < -0.4 is 5.32 Å². The van der Waals surface area contributed by atoms with Crippen LogP contribution in [-0.2, 0) is 13.0 Å². The summed E-state index contributed by atoms with van der Waals surface area (Å²) in [5.41, 5.74) is 2.05. The third-order valence-corrected chi connectivity index (χ3v) is 4.98. The number of benzene rings is 1. The Balaban J connectivity index is 1.51. The molecule has 2 aromatic heterocycles. The molecular formula is C19H20ClN5O2. The van der Waals surface area contributed by atoms with Crippen molar-refractivity contribution in [1.29, 1.82) is 0 Å². The first kappa shape index (κ1) is 17.8. The van der Waals surface area contributed by atoms with Crippen LogP contribution in [-0.4, -0.2) is 38.3 Å². The zero-order valence-electron chi connectivity index (χ0n) is 15.1. The van der Waals surface area contributed by atoms with Crippen LogP contribution in [0.15, 0.2) is 41.1 Å². The van der Waals surface area contributed by atoms with Gasteiger partial charge in [-0.1, -0.05) is 16.8 Å². The molecule has 1 aliphatic heterocycles. The van der Waals surface area contributed by atoms with Crippen LogP contribution in [0.5, 0.6) is 0 Å². The van der Waals surface area contributed by atoms with Gasteiger partial charge < -0.3 is 9.84 Å². The second kappa shape index (κ2) is 7.17. The lowest BCUT2D eigenvalue weighted by Gasteiger charge is -2.29. The zero-order valence-corrected chi connectivity index (χ0v) is 15.9. The van der Waals surface area contributed by atoms with Crippen molar-refractivity contribution >= 4 is 23.3 Å². The Morgan fingerprint density at radius 2 is 2.04 bits per heavy atom. The molecule has 3 heterocycles. The van der Waals surface area contributed by atoms with Crippen LogP contribution in [0.1, 0.15) is 35.7 Å². The number of hydrogen-bond donors (Lipinski definition) is 1. The van der Waals surface area contributed by atoms with Gasteiger partial charge >= 0.3 is 0 Å². The van der Waals surface area contributed by atoms with Gasteiger partial charge in [0.2, 0.25) is 0 Å². The predicted molar refractivity (Wildman–Crippen MR) is 102 cm³/mol. The van der Waals surface area contributed by atoms with E-state index in [1.807, 2.05) is 12.1 Å². The number of anilines is 1. The average molecular weight is 386 g/mol. The van der Waals surface area contributed by atoms with Crippen LogP contribution >= 0.6 is 11.6 Å². The standard InChI is InChI=1S/C19H20ClN5O2/c1-12(2)24-9-7-16-15(11-24)18(23-27-16)19(26)21-17-8-10-25(22-17)14-5-3-13(20)4-6-14/h3-6,8,10,12H,7,9,11H2,1-2H3,(H,21,22,26). The quantitative estimate of drug-likeness (QED) is 0.743. The highest BCUT2D eigenvalue weighted by Gasteiger charge is 2.28. The van der Waals surface area contributed by atoms with Gasteiger partial charge in [-0.05, 0) is 38.1 Å². The van der Waals surface area contributed by atoms with Crippen molar-refractivity contribution in [2.45, 2.75) is 32.9 Å². The highest BCUT2D eigenvalue weighted by atomic mass is 35.5. The SMILES string of the molecule is CC(C)N1CCc2onc(C(=O)Nc3ccn(-c4ccc(Cl)cc4)n3)c2C1. The molecule has 0 aliphatic carbocycles. The van der Waals surface area contributed by atoms with Gasteiger partial charge in [0.05, 0.1) is 5.69 Å². The summed E-state index contributed by atoms with van der Waals surface area (Å²) in [4.78, 5) is 15.0. The zero-order chi connectivity index (χ0) is 19.0. The summed E-state index contributed by atoms with van der Waals surface area (Å²) in [5, 5.41) is 11.8. The molecule has 4 rings (SSSR count). The third kappa shape index (κ3) is 3.61. The highest BCUT2D eigenvalue weighted by Crippen LogP contribution is 2.24. The molecule has 0 bridgehead atoms. The number of rotatable bonds is 4. The molecule has 8 heteroatoms. The Kier molecular flexibility index (Phi) is 4.72. The maximum atomic E-state index is 12.7. The minimum atomic E-state index is -0.313. The summed E-state index contributed by atoms with van der Waals surface area (Å²) in [5.74, 6) is 0.930. The fourth-order valence-corrected chi connectivity index (χ4v) is 3.28. The number of hydrogen-bond acceptors (Lipinski definition) is 5. The number of fused-ring (bicyclic) bond motifs is 1. The summed E-state index contributed by atoms with van der Waals surface area (Å²) in [7, 11) is 0. The van der Waals surface area contributed by atoms with Crippen molar-refractivity contribution in [1.82, 2.24) is 19.8 Å². The van der Waals surface area contributed by atoms with Gasteiger partial charge in [-0.25, -0.2) is 4.68 Å². The maximum Gasteiger partial charge on any atom is 0.279 e. The number of aromatic nitrogens is 3. The lowest BCUT2D eigenvalue weighted by atomic mass is 10.0. The van der Waals surface area contributed by atoms with E-state index < -0.39 is 0 Å². The van der Waals surface area contributed by atoms with Crippen molar-refractivity contribution < 1.29 is 9.32 Å². The van der Waals surface area contributed by atoms with Gasteiger partial charge in [0.1, 0.15) is 5.76 Å². The summed E-state index contributed by atoms with van der Waals surface area (Å²) in [6, 6.07) is 9.43. The Hall–Kier alpha value is -2.64. The summed E-state index contributed by atoms with van der Waals surface area (Å²) < 4.78 is 7.06. The largest absolute Gasteiger partial charge is 0.360 e. The molecule has 0 radical (unpaired) electrons. The van der Waals surface area contributed by atoms with Gasteiger partial charge in [0.15, 0.2) is 11.5 Å². The Bertz CT molecular complexity index is 961. The van der Waals surface area contributed by atoms with Gasteiger partial charge in [0, 0.05) is 48.4 Å². The van der Waals surface area contributed by atoms with Crippen LogP contribution in [0.4, 0.5) is 5.82 Å². The van der Waals surface area contributed by atoms with Crippen LogP contribution in [0.3, 0.4) is 0 Å². The third-order valence-electron chi connectivity index (χ3n) is 4.72. The molecule has 0 unspecified atom stereocenters. The van der Waals surface area contributed by atoms with Gasteiger partial charge in [0.25, 0.3) is 5.91 Å². The van der Waals surface area contributed by atoms with E-state index in [1.54, 1.807) is 29.1 Å². The normalized spacial score (nSPS) is 14.4. The minimum Gasteiger partial charge on any atom is -0.360 e. The van der Waals surface area contributed by atoms with Gasteiger partial charge in [-0.3, -0.25) is 9.69 Å². The summed E-state index contributed by atoms with van der Waals surface area (Å²) in [6.07, 6.45) is 2.54. The number of carbonyl (C=O) groups excluding carboxylic acids is 1. The molecule has 0 fully saturated rings. The van der Waals surface area contributed by atoms with E-state index in [9.17, 15) is 4.79 Å². The molecule has 27 heavy (non-hydrogen) atoms. The van der Waals surface area contributed by atoms with Crippen molar-refractivity contribution in [3.63, 3.8) is 0 Å². The molecule has 0 spiro atoms. The van der Waals surface area contributed by atoms with E-state index in [0.717, 1.165) is 30.0 Å². The Morgan fingerprint density at radius 3 is 2.78 bits per heavy atom. The fraction of sp³-hybridized carbons (Fsp3) is 0.316. The number of nitrogens with one attached hydrogen (secondary N) is 1. The molecule has 140 valence electrons. The fourth-order valence-electron chi connectivity index (χ4n) is 3.15. The first-order chi connectivity index (χ1) is 13.0. The molecule has 1 aliphatic rings. The highest BCUT2D eigenvalue weighted by molar-refractivity contribution is 6.30. The lowest BCUT2D eigenvalue weighted by molar-refractivity contribution is 0.101. The van der Waals surface area contributed by atoms with Crippen LogP contribution in [0.25, 0.3) is 5.69 Å². The van der Waals surface area contributed by atoms with E-state index in [2.05, 4.69) is 34.3 Å². The van der Waals surface area contributed by atoms with E-state index in [-0.39, 0.29) is 5.91 Å². The van der Waals surface area contributed by atoms with Crippen molar-refractivity contribution in [3.8, 4) is 5.69 Å². The average Bonchev–Trinajstić information content (AvgIpc) is 3.28. The topological polar surface area (TPSA) is 76.2 Å². The lowest BCUT2D eigenvalue weighted by Crippen LogP contribution is -2.36.